The Morgan fingerprint density at radius 1 is 1.39 bits per heavy atom. The molecule has 100 valence electrons. The molecule has 0 bridgehead atoms. The fraction of sp³-hybridized carbons (Fsp3) is 0.625. The number of rotatable bonds is 4. The molecule has 1 aromatic carbocycles. The van der Waals surface area contributed by atoms with Crippen molar-refractivity contribution >= 4 is 11.8 Å². The Morgan fingerprint density at radius 2 is 2.22 bits per heavy atom. The zero-order valence-electron chi connectivity index (χ0n) is 11.8. The highest BCUT2D eigenvalue weighted by atomic mass is 32.2. The SMILES string of the molecule is CCCNC1CCSCc2ccc(C(C)C)cc21. The van der Waals surface area contributed by atoms with Gasteiger partial charge in [0, 0.05) is 11.8 Å². The Morgan fingerprint density at radius 3 is 2.94 bits per heavy atom. The van der Waals surface area contributed by atoms with Crippen LogP contribution in [0.2, 0.25) is 0 Å². The second kappa shape index (κ2) is 6.63. The molecule has 0 amide bonds. The van der Waals surface area contributed by atoms with Gasteiger partial charge in [-0.2, -0.15) is 11.8 Å². The van der Waals surface area contributed by atoms with Gasteiger partial charge in [0.1, 0.15) is 0 Å². The third-order valence-electron chi connectivity index (χ3n) is 3.66. The standard InChI is InChI=1S/C16H25NS/c1-4-8-17-16-7-9-18-11-14-6-5-13(12(2)3)10-15(14)16/h5-6,10,12,16-17H,4,7-9,11H2,1-3H3. The molecule has 1 heterocycles. The van der Waals surface area contributed by atoms with Gasteiger partial charge in [-0.3, -0.25) is 0 Å². The fourth-order valence-electron chi connectivity index (χ4n) is 2.50. The van der Waals surface area contributed by atoms with Crippen LogP contribution in [0.25, 0.3) is 0 Å². The van der Waals surface area contributed by atoms with E-state index in [1.807, 2.05) is 0 Å². The molecule has 0 aromatic heterocycles. The lowest BCUT2D eigenvalue weighted by atomic mass is 9.93. The monoisotopic (exact) mass is 263 g/mol. The van der Waals surface area contributed by atoms with Gasteiger partial charge in [-0.25, -0.2) is 0 Å². The van der Waals surface area contributed by atoms with Gasteiger partial charge in [-0.15, -0.1) is 0 Å². The van der Waals surface area contributed by atoms with E-state index in [-0.39, 0.29) is 0 Å². The highest BCUT2D eigenvalue weighted by Crippen LogP contribution is 2.32. The van der Waals surface area contributed by atoms with Crippen LogP contribution in [0.15, 0.2) is 18.2 Å². The largest absolute Gasteiger partial charge is 0.310 e. The molecule has 2 heteroatoms. The zero-order valence-corrected chi connectivity index (χ0v) is 12.6. The van der Waals surface area contributed by atoms with Crippen LogP contribution in [0.3, 0.4) is 0 Å². The van der Waals surface area contributed by atoms with E-state index in [2.05, 4.69) is 56.0 Å². The Labute approximate surface area is 116 Å². The topological polar surface area (TPSA) is 12.0 Å². The van der Waals surface area contributed by atoms with Crippen molar-refractivity contribution in [3.63, 3.8) is 0 Å². The summed E-state index contributed by atoms with van der Waals surface area (Å²) in [5.74, 6) is 3.07. The predicted octanol–water partition coefficient (Wildman–Crippen LogP) is 4.49. The molecule has 0 aliphatic carbocycles. The normalized spacial score (nSPS) is 19.7. The third-order valence-corrected chi connectivity index (χ3v) is 4.70. The highest BCUT2D eigenvalue weighted by Gasteiger charge is 2.19. The number of hydrogen-bond acceptors (Lipinski definition) is 2. The summed E-state index contributed by atoms with van der Waals surface area (Å²) in [6.45, 7) is 7.92. The van der Waals surface area contributed by atoms with Gasteiger partial charge in [0.05, 0.1) is 0 Å². The van der Waals surface area contributed by atoms with Gasteiger partial charge in [0.25, 0.3) is 0 Å². The van der Waals surface area contributed by atoms with Crippen molar-refractivity contribution in [2.45, 2.75) is 51.3 Å². The van der Waals surface area contributed by atoms with E-state index in [9.17, 15) is 0 Å². The summed E-state index contributed by atoms with van der Waals surface area (Å²) < 4.78 is 0. The van der Waals surface area contributed by atoms with E-state index >= 15 is 0 Å². The van der Waals surface area contributed by atoms with Gasteiger partial charge in [-0.05, 0) is 47.7 Å². The lowest BCUT2D eigenvalue weighted by molar-refractivity contribution is 0.521. The first-order chi connectivity index (χ1) is 8.72. The van der Waals surface area contributed by atoms with Crippen LogP contribution in [0, 0.1) is 0 Å². The molecule has 0 radical (unpaired) electrons. The van der Waals surface area contributed by atoms with Crippen molar-refractivity contribution in [1.82, 2.24) is 5.32 Å². The molecule has 2 rings (SSSR count). The summed E-state index contributed by atoms with van der Waals surface area (Å²) >= 11 is 2.07. The van der Waals surface area contributed by atoms with Crippen LogP contribution in [0.5, 0.6) is 0 Å². The quantitative estimate of drug-likeness (QED) is 0.859. The molecule has 1 nitrogen and oxygen atoms in total. The van der Waals surface area contributed by atoms with Gasteiger partial charge in [-0.1, -0.05) is 39.0 Å². The molecule has 0 saturated heterocycles. The molecule has 1 N–H and O–H groups in total. The Balaban J connectivity index is 2.28. The summed E-state index contributed by atoms with van der Waals surface area (Å²) in [5.41, 5.74) is 4.57. The first-order valence-corrected chi connectivity index (χ1v) is 8.31. The average molecular weight is 263 g/mol. The number of thioether (sulfide) groups is 1. The molecule has 18 heavy (non-hydrogen) atoms. The van der Waals surface area contributed by atoms with Gasteiger partial charge < -0.3 is 5.32 Å². The minimum atomic E-state index is 0.564. The van der Waals surface area contributed by atoms with E-state index in [0.29, 0.717) is 12.0 Å². The zero-order chi connectivity index (χ0) is 13.0. The van der Waals surface area contributed by atoms with Crippen molar-refractivity contribution < 1.29 is 0 Å². The maximum Gasteiger partial charge on any atom is 0.0331 e. The highest BCUT2D eigenvalue weighted by molar-refractivity contribution is 7.98. The van der Waals surface area contributed by atoms with Gasteiger partial charge in [0.15, 0.2) is 0 Å². The molecule has 0 spiro atoms. The molecule has 1 aromatic rings. The summed E-state index contributed by atoms with van der Waals surface area (Å²) in [7, 11) is 0. The van der Waals surface area contributed by atoms with Crippen molar-refractivity contribution in [2.24, 2.45) is 0 Å². The molecule has 1 aliphatic rings. The first-order valence-electron chi connectivity index (χ1n) is 7.16. The third kappa shape index (κ3) is 3.30. The minimum Gasteiger partial charge on any atom is -0.310 e. The van der Waals surface area contributed by atoms with Crippen molar-refractivity contribution in [3.8, 4) is 0 Å². The summed E-state index contributed by atoms with van der Waals surface area (Å²) in [4.78, 5) is 0. The Hall–Kier alpha value is -0.470. The van der Waals surface area contributed by atoms with Crippen LogP contribution < -0.4 is 5.32 Å². The summed E-state index contributed by atoms with van der Waals surface area (Å²) in [6.07, 6.45) is 2.47. The lowest BCUT2D eigenvalue weighted by Gasteiger charge is -2.20. The second-order valence-electron chi connectivity index (χ2n) is 5.46. The summed E-state index contributed by atoms with van der Waals surface area (Å²) in [6, 6.07) is 7.67. The van der Waals surface area contributed by atoms with Crippen LogP contribution in [0.1, 0.15) is 62.3 Å². The summed E-state index contributed by atoms with van der Waals surface area (Å²) in [5, 5.41) is 3.72. The number of benzene rings is 1. The van der Waals surface area contributed by atoms with Gasteiger partial charge in [0.2, 0.25) is 0 Å². The van der Waals surface area contributed by atoms with E-state index in [4.69, 9.17) is 0 Å². The molecular formula is C16H25NS. The number of fused-ring (bicyclic) bond motifs is 1. The Bertz CT molecular complexity index is 387. The van der Waals surface area contributed by atoms with Gasteiger partial charge >= 0.3 is 0 Å². The fourth-order valence-corrected chi connectivity index (χ4v) is 3.53. The molecule has 0 fully saturated rings. The first kappa shape index (κ1) is 14.0. The van der Waals surface area contributed by atoms with E-state index in [1.54, 1.807) is 5.56 Å². The van der Waals surface area contributed by atoms with Crippen LogP contribution in [0.4, 0.5) is 0 Å². The van der Waals surface area contributed by atoms with Crippen LogP contribution >= 0.6 is 11.8 Å². The smallest absolute Gasteiger partial charge is 0.0331 e. The molecule has 0 saturated carbocycles. The van der Waals surface area contributed by atoms with Crippen LogP contribution in [-0.4, -0.2) is 12.3 Å². The molecule has 1 atom stereocenters. The predicted molar refractivity (Wildman–Crippen MR) is 82.3 cm³/mol. The van der Waals surface area contributed by atoms with Crippen LogP contribution in [-0.2, 0) is 5.75 Å². The second-order valence-corrected chi connectivity index (χ2v) is 6.57. The van der Waals surface area contributed by atoms with E-state index in [0.717, 1.165) is 6.54 Å². The van der Waals surface area contributed by atoms with Crippen molar-refractivity contribution in [1.29, 1.82) is 0 Å². The number of nitrogens with one attached hydrogen (secondary N) is 1. The maximum atomic E-state index is 3.72. The molecule has 1 aliphatic heterocycles. The maximum absolute atomic E-state index is 3.72. The lowest BCUT2D eigenvalue weighted by Crippen LogP contribution is -2.23. The van der Waals surface area contributed by atoms with Crippen molar-refractivity contribution in [2.75, 3.05) is 12.3 Å². The van der Waals surface area contributed by atoms with E-state index in [1.165, 1.54) is 35.5 Å². The molecule has 1 unspecified atom stereocenters. The minimum absolute atomic E-state index is 0.564. The Kier molecular flexibility index (Phi) is 5.13. The number of hydrogen-bond donors (Lipinski definition) is 1. The van der Waals surface area contributed by atoms with E-state index < -0.39 is 0 Å². The average Bonchev–Trinajstić information content (AvgIpc) is 2.57. The molecular weight excluding hydrogens is 238 g/mol. The van der Waals surface area contributed by atoms with Crippen molar-refractivity contribution in [3.05, 3.63) is 34.9 Å².